The molecule has 0 aliphatic heterocycles. The lowest BCUT2D eigenvalue weighted by molar-refractivity contribution is 1.03. The Hall–Kier alpha value is -4.26. The van der Waals surface area contributed by atoms with Crippen LogP contribution in [0.3, 0.4) is 0 Å². The number of hydrogen-bond acceptors (Lipinski definition) is 1. The van der Waals surface area contributed by atoms with Crippen LogP contribution >= 0.6 is 7.92 Å². The molecule has 8 rings (SSSR count). The van der Waals surface area contributed by atoms with Crippen molar-refractivity contribution in [3.05, 3.63) is 133 Å². The van der Waals surface area contributed by atoms with Gasteiger partial charge in [-0.1, -0.05) is 103 Å². The third-order valence-corrected chi connectivity index (χ3v) is 10.2. The number of para-hydroxylation sites is 2. The molecule has 0 spiro atoms. The van der Waals surface area contributed by atoms with Gasteiger partial charge in [0.25, 0.3) is 0 Å². The van der Waals surface area contributed by atoms with E-state index in [4.69, 9.17) is 4.98 Å². The topological polar surface area (TPSA) is 17.3 Å². The van der Waals surface area contributed by atoms with Gasteiger partial charge < -0.3 is 0 Å². The maximum Gasteiger partial charge on any atom is 0.146 e. The molecule has 0 saturated heterocycles. The molecule has 1 atom stereocenters. The van der Waals surface area contributed by atoms with Gasteiger partial charge in [0.2, 0.25) is 0 Å². The number of hydrogen-bond donors (Lipinski definition) is 0. The van der Waals surface area contributed by atoms with E-state index in [9.17, 15) is 0 Å². The van der Waals surface area contributed by atoms with Crippen molar-refractivity contribution in [3.8, 4) is 0 Å². The first kappa shape index (κ1) is 21.8. The van der Waals surface area contributed by atoms with Crippen LogP contribution in [0.1, 0.15) is 12.8 Å². The zero-order valence-corrected chi connectivity index (χ0v) is 21.8. The molecule has 1 aliphatic rings. The van der Waals surface area contributed by atoms with Crippen LogP contribution in [-0.2, 0) is 0 Å². The summed E-state index contributed by atoms with van der Waals surface area (Å²) in [6, 6.07) is 39.9. The number of pyridine rings is 1. The van der Waals surface area contributed by atoms with Crippen molar-refractivity contribution in [2.45, 2.75) is 12.8 Å². The van der Waals surface area contributed by atoms with E-state index in [0.29, 0.717) is 0 Å². The highest BCUT2D eigenvalue weighted by atomic mass is 31.1. The molecule has 1 unspecified atom stereocenters. The molecule has 180 valence electrons. The van der Waals surface area contributed by atoms with E-state index in [2.05, 4.69) is 132 Å². The normalized spacial score (nSPS) is 14.6. The fraction of sp³-hybridized carbons (Fsp3) is 0.0571. The molecule has 0 saturated carbocycles. The number of imidazole rings is 1. The molecule has 0 bridgehead atoms. The Morgan fingerprint density at radius 3 is 2.34 bits per heavy atom. The zero-order valence-electron chi connectivity index (χ0n) is 20.9. The third kappa shape index (κ3) is 3.27. The van der Waals surface area contributed by atoms with E-state index in [-0.39, 0.29) is 0 Å². The molecule has 2 heterocycles. The van der Waals surface area contributed by atoms with Crippen LogP contribution in [-0.4, -0.2) is 9.38 Å². The van der Waals surface area contributed by atoms with Crippen molar-refractivity contribution in [1.82, 2.24) is 9.38 Å². The van der Waals surface area contributed by atoms with Crippen LogP contribution in [0.15, 0.2) is 133 Å². The minimum Gasteiger partial charge on any atom is -0.291 e. The second-order valence-corrected chi connectivity index (χ2v) is 12.2. The summed E-state index contributed by atoms with van der Waals surface area (Å²) in [7, 11) is -0.648. The molecule has 5 aromatic carbocycles. The molecular weight excluding hydrogens is 479 g/mol. The quantitative estimate of drug-likeness (QED) is 0.174. The summed E-state index contributed by atoms with van der Waals surface area (Å²) in [5.74, 6) is 0. The van der Waals surface area contributed by atoms with E-state index in [1.54, 1.807) is 0 Å². The Bertz CT molecular complexity index is 2080. The zero-order chi connectivity index (χ0) is 25.1. The highest BCUT2D eigenvalue weighted by Gasteiger charge is 2.21. The molecule has 3 heteroatoms. The summed E-state index contributed by atoms with van der Waals surface area (Å²) >= 11 is 0. The summed E-state index contributed by atoms with van der Waals surface area (Å²) < 4.78 is 2.38. The van der Waals surface area contributed by atoms with Gasteiger partial charge in [0.1, 0.15) is 5.65 Å². The van der Waals surface area contributed by atoms with Gasteiger partial charge in [0.05, 0.1) is 16.6 Å². The van der Waals surface area contributed by atoms with Gasteiger partial charge in [0, 0.05) is 16.2 Å². The number of nitrogens with zero attached hydrogens (tertiary/aromatic N) is 2. The lowest BCUT2D eigenvalue weighted by Gasteiger charge is -2.23. The molecule has 38 heavy (non-hydrogen) atoms. The van der Waals surface area contributed by atoms with Crippen LogP contribution in [0.25, 0.3) is 49.1 Å². The van der Waals surface area contributed by atoms with Gasteiger partial charge in [-0.05, 0) is 71.7 Å². The first-order chi connectivity index (χ1) is 18.9. The molecule has 0 fully saturated rings. The summed E-state index contributed by atoms with van der Waals surface area (Å²) in [4.78, 5) is 5.17. The van der Waals surface area contributed by atoms with Crippen LogP contribution < -0.4 is 10.6 Å². The molecule has 0 radical (unpaired) electrons. The number of allylic oxidation sites excluding steroid dienone is 4. The van der Waals surface area contributed by atoms with E-state index in [1.807, 2.05) is 0 Å². The lowest BCUT2D eigenvalue weighted by Crippen LogP contribution is -2.13. The Morgan fingerprint density at radius 2 is 1.45 bits per heavy atom. The molecule has 0 N–H and O–H groups in total. The lowest BCUT2D eigenvalue weighted by atomic mass is 10.0. The Kier molecular flexibility index (Phi) is 4.96. The highest BCUT2D eigenvalue weighted by Crippen LogP contribution is 2.46. The molecule has 1 aliphatic carbocycles. The largest absolute Gasteiger partial charge is 0.291 e. The summed E-state index contributed by atoms with van der Waals surface area (Å²) in [5, 5.41) is 10.5. The molecule has 2 aromatic heterocycles. The average Bonchev–Trinajstić information content (AvgIpc) is 3.38. The second-order valence-electron chi connectivity index (χ2n) is 9.95. The van der Waals surface area contributed by atoms with Gasteiger partial charge >= 0.3 is 0 Å². The highest BCUT2D eigenvalue weighted by molar-refractivity contribution is 7.77. The minimum atomic E-state index is -0.648. The van der Waals surface area contributed by atoms with Crippen molar-refractivity contribution in [3.63, 3.8) is 0 Å². The number of benzene rings is 5. The van der Waals surface area contributed by atoms with Crippen molar-refractivity contribution in [1.29, 1.82) is 0 Å². The monoisotopic (exact) mass is 504 g/mol. The molecular formula is C35H25N2P. The molecule has 2 nitrogen and oxygen atoms in total. The first-order valence-electron chi connectivity index (χ1n) is 13.2. The standard InChI is InChI=1S/C35H25N2P/c1-3-12-25(13-4-1)38(26-14-5-2-6-15-26)27-20-22-30-31(23-27)29-21-19-24-11-7-8-16-28(24)34(29)37-33-18-10-9-17-32(33)36-35(30)37/h1,3-5,7-23H,2,6H2. The van der Waals surface area contributed by atoms with Crippen LogP contribution in [0.4, 0.5) is 0 Å². The summed E-state index contributed by atoms with van der Waals surface area (Å²) in [6.45, 7) is 0. The van der Waals surface area contributed by atoms with Crippen LogP contribution in [0, 0.1) is 0 Å². The summed E-state index contributed by atoms with van der Waals surface area (Å²) in [5.41, 5.74) is 4.44. The van der Waals surface area contributed by atoms with Gasteiger partial charge in [-0.25, -0.2) is 4.98 Å². The number of aromatic nitrogens is 2. The van der Waals surface area contributed by atoms with Crippen molar-refractivity contribution >= 4 is 67.7 Å². The Balaban J connectivity index is 1.51. The van der Waals surface area contributed by atoms with Gasteiger partial charge in [-0.2, -0.15) is 0 Å². The average molecular weight is 505 g/mol. The van der Waals surface area contributed by atoms with Gasteiger partial charge in [-0.3, -0.25) is 4.40 Å². The smallest absolute Gasteiger partial charge is 0.146 e. The maximum absolute atomic E-state index is 5.17. The predicted molar refractivity (Wildman–Crippen MR) is 164 cm³/mol. The fourth-order valence-corrected chi connectivity index (χ4v) is 8.44. The van der Waals surface area contributed by atoms with E-state index in [1.165, 1.54) is 48.4 Å². The van der Waals surface area contributed by atoms with E-state index in [0.717, 1.165) is 29.5 Å². The Morgan fingerprint density at radius 1 is 0.632 bits per heavy atom. The Labute approximate surface area is 222 Å². The fourth-order valence-electron chi connectivity index (χ4n) is 6.03. The third-order valence-electron chi connectivity index (χ3n) is 7.73. The summed E-state index contributed by atoms with van der Waals surface area (Å²) in [6.07, 6.45) is 9.36. The van der Waals surface area contributed by atoms with E-state index >= 15 is 0 Å². The van der Waals surface area contributed by atoms with Crippen molar-refractivity contribution in [2.24, 2.45) is 0 Å². The minimum absolute atomic E-state index is 0.648. The molecule has 7 aromatic rings. The SMILES string of the molecule is C1=CC(P(c2ccccc2)c2ccc3c(c2)c2ccc4ccccc4c2n2c4ccccc4nc32)=CCC1. The van der Waals surface area contributed by atoms with Crippen molar-refractivity contribution < 1.29 is 0 Å². The van der Waals surface area contributed by atoms with Gasteiger partial charge in [0.15, 0.2) is 0 Å². The predicted octanol–water partition coefficient (Wildman–Crippen LogP) is 8.61. The molecule has 0 amide bonds. The number of fused-ring (bicyclic) bond motifs is 10. The number of rotatable bonds is 3. The first-order valence-corrected chi connectivity index (χ1v) is 14.6. The van der Waals surface area contributed by atoms with Crippen LogP contribution in [0.2, 0.25) is 0 Å². The van der Waals surface area contributed by atoms with Crippen molar-refractivity contribution in [2.75, 3.05) is 0 Å². The van der Waals surface area contributed by atoms with E-state index < -0.39 is 7.92 Å². The van der Waals surface area contributed by atoms with Gasteiger partial charge in [-0.15, -0.1) is 0 Å². The maximum atomic E-state index is 5.17. The second kappa shape index (κ2) is 8.65. The van der Waals surface area contributed by atoms with Crippen LogP contribution in [0.5, 0.6) is 0 Å².